The monoisotopic (exact) mass is 233 g/mol. The average Bonchev–Trinajstić information content (AvgIpc) is 2.29. The van der Waals surface area contributed by atoms with Gasteiger partial charge in [0.25, 0.3) is 0 Å². The molecule has 0 saturated carbocycles. The van der Waals surface area contributed by atoms with Crippen LogP contribution in [0.3, 0.4) is 0 Å². The Labute approximate surface area is 102 Å². The van der Waals surface area contributed by atoms with Gasteiger partial charge in [-0.15, -0.1) is 0 Å². The Bertz CT molecular complexity index is 411. The van der Waals surface area contributed by atoms with E-state index in [0.29, 0.717) is 6.54 Å². The largest absolute Gasteiger partial charge is 0.496 e. The summed E-state index contributed by atoms with van der Waals surface area (Å²) in [5.74, 6) is 0.882. The SMILES string of the molecule is COc1cc(C)ccc1C=CCCNC(C)=O. The van der Waals surface area contributed by atoms with Crippen LogP contribution in [-0.2, 0) is 4.79 Å². The molecule has 0 aromatic heterocycles. The van der Waals surface area contributed by atoms with Crippen molar-refractivity contribution < 1.29 is 9.53 Å². The van der Waals surface area contributed by atoms with Gasteiger partial charge in [-0.05, 0) is 25.0 Å². The van der Waals surface area contributed by atoms with Crippen LogP contribution >= 0.6 is 0 Å². The predicted molar refractivity (Wildman–Crippen MR) is 70.1 cm³/mol. The Kier molecular flexibility index (Phi) is 5.27. The van der Waals surface area contributed by atoms with Crippen molar-refractivity contribution in [1.29, 1.82) is 0 Å². The summed E-state index contributed by atoms with van der Waals surface area (Å²) in [6.07, 6.45) is 4.86. The summed E-state index contributed by atoms with van der Waals surface area (Å²) in [5.41, 5.74) is 2.23. The summed E-state index contributed by atoms with van der Waals surface area (Å²) in [6.45, 7) is 4.22. The number of benzene rings is 1. The molecule has 0 aliphatic rings. The smallest absolute Gasteiger partial charge is 0.216 e. The number of hydrogen-bond acceptors (Lipinski definition) is 2. The number of methoxy groups -OCH3 is 1. The molecule has 0 radical (unpaired) electrons. The Morgan fingerprint density at radius 3 is 2.88 bits per heavy atom. The van der Waals surface area contributed by atoms with Crippen LogP contribution < -0.4 is 10.1 Å². The predicted octanol–water partition coefficient (Wildman–Crippen LogP) is 2.54. The third kappa shape index (κ3) is 4.72. The molecule has 0 spiro atoms. The normalized spacial score (nSPS) is 10.5. The van der Waals surface area contributed by atoms with Gasteiger partial charge in [-0.3, -0.25) is 4.79 Å². The maximum atomic E-state index is 10.7. The lowest BCUT2D eigenvalue weighted by molar-refractivity contribution is -0.118. The quantitative estimate of drug-likeness (QED) is 0.794. The molecule has 0 bridgehead atoms. The second-order valence-corrected chi connectivity index (χ2v) is 3.92. The zero-order valence-electron chi connectivity index (χ0n) is 10.6. The molecule has 1 aromatic rings. The van der Waals surface area contributed by atoms with Gasteiger partial charge in [-0.2, -0.15) is 0 Å². The minimum Gasteiger partial charge on any atom is -0.496 e. The van der Waals surface area contributed by atoms with E-state index in [1.807, 2.05) is 31.2 Å². The number of amides is 1. The van der Waals surface area contributed by atoms with Gasteiger partial charge in [-0.25, -0.2) is 0 Å². The average molecular weight is 233 g/mol. The van der Waals surface area contributed by atoms with Gasteiger partial charge in [-0.1, -0.05) is 24.3 Å². The molecule has 1 amide bonds. The van der Waals surface area contributed by atoms with Crippen molar-refractivity contribution in [1.82, 2.24) is 5.32 Å². The fourth-order valence-electron chi connectivity index (χ4n) is 1.50. The molecule has 0 aliphatic heterocycles. The lowest BCUT2D eigenvalue weighted by atomic mass is 10.1. The van der Waals surface area contributed by atoms with Crippen molar-refractivity contribution in [2.45, 2.75) is 20.3 Å². The van der Waals surface area contributed by atoms with E-state index < -0.39 is 0 Å². The number of ether oxygens (including phenoxy) is 1. The zero-order valence-corrected chi connectivity index (χ0v) is 10.6. The second kappa shape index (κ2) is 6.74. The van der Waals surface area contributed by atoms with Gasteiger partial charge >= 0.3 is 0 Å². The molecular formula is C14H19NO2. The van der Waals surface area contributed by atoms with Crippen molar-refractivity contribution in [2.24, 2.45) is 0 Å². The van der Waals surface area contributed by atoms with Crippen LogP contribution in [0.15, 0.2) is 24.3 Å². The molecule has 92 valence electrons. The molecule has 0 saturated heterocycles. The first kappa shape index (κ1) is 13.3. The molecular weight excluding hydrogens is 214 g/mol. The lowest BCUT2D eigenvalue weighted by Crippen LogP contribution is -2.20. The van der Waals surface area contributed by atoms with Crippen molar-refractivity contribution in [3.05, 3.63) is 35.4 Å². The Morgan fingerprint density at radius 1 is 1.47 bits per heavy atom. The summed E-state index contributed by atoms with van der Waals surface area (Å²) in [4.78, 5) is 10.7. The van der Waals surface area contributed by atoms with Gasteiger partial charge in [0, 0.05) is 19.0 Å². The minimum absolute atomic E-state index is 0.00585. The summed E-state index contributed by atoms with van der Waals surface area (Å²) in [7, 11) is 1.67. The van der Waals surface area contributed by atoms with Crippen molar-refractivity contribution >= 4 is 12.0 Å². The highest BCUT2D eigenvalue weighted by molar-refractivity contribution is 5.72. The molecule has 3 heteroatoms. The number of hydrogen-bond donors (Lipinski definition) is 1. The van der Waals surface area contributed by atoms with Crippen LogP contribution in [0.4, 0.5) is 0 Å². The molecule has 17 heavy (non-hydrogen) atoms. The fraction of sp³-hybridized carbons (Fsp3) is 0.357. The van der Waals surface area contributed by atoms with Gasteiger partial charge < -0.3 is 10.1 Å². The van der Waals surface area contributed by atoms with Gasteiger partial charge in [0.2, 0.25) is 5.91 Å². The van der Waals surface area contributed by atoms with E-state index in [9.17, 15) is 4.79 Å². The number of aryl methyl sites for hydroxylation is 1. The summed E-state index contributed by atoms with van der Waals surface area (Å²) < 4.78 is 5.30. The third-order valence-electron chi connectivity index (χ3n) is 2.37. The zero-order chi connectivity index (χ0) is 12.7. The highest BCUT2D eigenvalue weighted by Crippen LogP contribution is 2.21. The number of carbonyl (C=O) groups is 1. The molecule has 0 aliphatic carbocycles. The van der Waals surface area contributed by atoms with E-state index in [2.05, 4.69) is 11.4 Å². The first-order valence-electron chi connectivity index (χ1n) is 5.69. The minimum atomic E-state index is 0.00585. The Hall–Kier alpha value is -1.77. The number of rotatable bonds is 5. The molecule has 1 N–H and O–H groups in total. The highest BCUT2D eigenvalue weighted by Gasteiger charge is 1.98. The number of nitrogens with one attached hydrogen (secondary N) is 1. The standard InChI is InChI=1S/C14H19NO2/c1-11-7-8-13(14(10-11)17-3)6-4-5-9-15-12(2)16/h4,6-8,10H,5,9H2,1-3H3,(H,15,16). The van der Waals surface area contributed by atoms with Gasteiger partial charge in [0.15, 0.2) is 0 Å². The van der Waals surface area contributed by atoms with Crippen molar-refractivity contribution in [3.63, 3.8) is 0 Å². The molecule has 1 aromatic carbocycles. The van der Waals surface area contributed by atoms with Crippen LogP contribution in [0, 0.1) is 6.92 Å². The molecule has 0 fully saturated rings. The van der Waals surface area contributed by atoms with Crippen molar-refractivity contribution in [3.8, 4) is 5.75 Å². The summed E-state index contributed by atoms with van der Waals surface area (Å²) in [6, 6.07) is 6.09. The van der Waals surface area contributed by atoms with Gasteiger partial charge in [0.1, 0.15) is 5.75 Å². The van der Waals surface area contributed by atoms with Crippen LogP contribution in [0.1, 0.15) is 24.5 Å². The Morgan fingerprint density at radius 2 is 2.24 bits per heavy atom. The summed E-state index contributed by atoms with van der Waals surface area (Å²) >= 11 is 0. The molecule has 0 unspecified atom stereocenters. The first-order valence-corrected chi connectivity index (χ1v) is 5.69. The van der Waals surface area contributed by atoms with Crippen molar-refractivity contribution in [2.75, 3.05) is 13.7 Å². The molecule has 1 rings (SSSR count). The maximum Gasteiger partial charge on any atom is 0.216 e. The second-order valence-electron chi connectivity index (χ2n) is 3.92. The first-order chi connectivity index (χ1) is 8.13. The summed E-state index contributed by atoms with van der Waals surface area (Å²) in [5, 5.41) is 2.75. The highest BCUT2D eigenvalue weighted by atomic mass is 16.5. The van der Waals surface area contributed by atoms with Crippen LogP contribution in [0.5, 0.6) is 5.75 Å². The molecule has 0 atom stereocenters. The van der Waals surface area contributed by atoms with Gasteiger partial charge in [0.05, 0.1) is 7.11 Å². The van der Waals surface area contributed by atoms with E-state index >= 15 is 0 Å². The van der Waals surface area contributed by atoms with Crippen LogP contribution in [0.2, 0.25) is 0 Å². The van der Waals surface area contributed by atoms with E-state index in [-0.39, 0.29) is 5.91 Å². The van der Waals surface area contributed by atoms with Crippen LogP contribution in [0.25, 0.3) is 6.08 Å². The third-order valence-corrected chi connectivity index (χ3v) is 2.37. The van der Waals surface area contributed by atoms with E-state index in [1.54, 1.807) is 7.11 Å². The molecule has 3 nitrogen and oxygen atoms in total. The fourth-order valence-corrected chi connectivity index (χ4v) is 1.50. The number of carbonyl (C=O) groups excluding carboxylic acids is 1. The van der Waals surface area contributed by atoms with E-state index in [4.69, 9.17) is 4.74 Å². The Balaban J connectivity index is 2.55. The topological polar surface area (TPSA) is 38.3 Å². The van der Waals surface area contributed by atoms with Crippen LogP contribution in [-0.4, -0.2) is 19.6 Å². The maximum absolute atomic E-state index is 10.7. The van der Waals surface area contributed by atoms with E-state index in [1.165, 1.54) is 12.5 Å². The lowest BCUT2D eigenvalue weighted by Gasteiger charge is -2.05. The van der Waals surface area contributed by atoms with E-state index in [0.717, 1.165) is 17.7 Å². The molecule has 0 heterocycles.